The number of hydrogen-bond acceptors (Lipinski definition) is 1. The molecule has 0 saturated carbocycles. The van der Waals surface area contributed by atoms with Crippen molar-refractivity contribution in [2.75, 3.05) is 0 Å². The maximum atomic E-state index is 11.2. The van der Waals surface area contributed by atoms with Gasteiger partial charge < -0.3 is 9.97 Å². The quantitative estimate of drug-likeness (QED) is 0.682. The van der Waals surface area contributed by atoms with Crippen LogP contribution in [0.15, 0.2) is 47.3 Å². The number of aromatic amines is 2. The highest BCUT2D eigenvalue weighted by molar-refractivity contribution is 9.09. The van der Waals surface area contributed by atoms with Crippen LogP contribution in [-0.2, 0) is 0 Å². The Balaban J connectivity index is 2.05. The summed E-state index contributed by atoms with van der Waals surface area (Å²) < 4.78 is 0. The van der Waals surface area contributed by atoms with Crippen LogP contribution < -0.4 is 5.69 Å². The average molecular weight is 338 g/mol. The largest absolute Gasteiger partial charge is 0.323 e. The Bertz CT molecular complexity index is 793. The highest BCUT2D eigenvalue weighted by atomic mass is 79.9. The first-order chi connectivity index (χ1) is 9.13. The number of alkyl halides is 1. The van der Waals surface area contributed by atoms with E-state index in [1.54, 1.807) is 0 Å². The fourth-order valence-electron chi connectivity index (χ4n) is 2.06. The second-order valence-corrected chi connectivity index (χ2v) is 5.65. The molecule has 1 aromatic heterocycles. The van der Waals surface area contributed by atoms with Gasteiger partial charge >= 0.3 is 5.69 Å². The molecule has 19 heavy (non-hydrogen) atoms. The van der Waals surface area contributed by atoms with Gasteiger partial charge in [-0.05, 0) is 35.4 Å². The van der Waals surface area contributed by atoms with Gasteiger partial charge in [-0.2, -0.15) is 0 Å². The second kappa shape index (κ2) is 4.87. The number of hydrogen-bond donors (Lipinski definition) is 2. The molecule has 2 aromatic carbocycles. The number of H-pyrrole nitrogens is 2. The van der Waals surface area contributed by atoms with Crippen molar-refractivity contribution in [1.29, 1.82) is 0 Å². The summed E-state index contributed by atoms with van der Waals surface area (Å²) in [5.41, 5.74) is 3.55. The van der Waals surface area contributed by atoms with Gasteiger partial charge in [-0.1, -0.05) is 45.7 Å². The summed E-state index contributed by atoms with van der Waals surface area (Å²) in [4.78, 5) is 16.8. The van der Waals surface area contributed by atoms with E-state index in [1.165, 1.54) is 0 Å². The van der Waals surface area contributed by atoms with Crippen molar-refractivity contribution in [2.24, 2.45) is 0 Å². The molecule has 0 aliphatic carbocycles. The smallest absolute Gasteiger partial charge is 0.306 e. The summed E-state index contributed by atoms with van der Waals surface area (Å²) in [7, 11) is 0. The third-order valence-electron chi connectivity index (χ3n) is 2.97. The monoisotopic (exact) mass is 336 g/mol. The molecule has 3 rings (SSSR count). The van der Waals surface area contributed by atoms with Gasteiger partial charge in [0.1, 0.15) is 0 Å². The van der Waals surface area contributed by atoms with E-state index in [-0.39, 0.29) is 10.5 Å². The molecule has 0 spiro atoms. The highest BCUT2D eigenvalue weighted by Gasteiger charge is 2.11. The van der Waals surface area contributed by atoms with Crippen LogP contribution in [0, 0.1) is 0 Å². The summed E-state index contributed by atoms with van der Waals surface area (Å²) in [5.74, 6) is 0. The standard InChI is InChI=1S/C14H10BrClN2O/c15-13(8-2-1-3-10(16)6-8)9-4-5-11-12(7-9)18-14(19)17-11/h1-7,13H,(H2,17,18,19). The van der Waals surface area contributed by atoms with Crippen LogP contribution in [0.5, 0.6) is 0 Å². The van der Waals surface area contributed by atoms with E-state index < -0.39 is 0 Å². The molecule has 1 atom stereocenters. The topological polar surface area (TPSA) is 48.6 Å². The molecule has 0 radical (unpaired) electrons. The fraction of sp³-hybridized carbons (Fsp3) is 0.0714. The lowest BCUT2D eigenvalue weighted by molar-refractivity contribution is 1.18. The van der Waals surface area contributed by atoms with E-state index in [1.807, 2.05) is 42.5 Å². The molecule has 0 saturated heterocycles. The first-order valence-corrected chi connectivity index (χ1v) is 7.04. The van der Waals surface area contributed by atoms with Gasteiger partial charge in [0.15, 0.2) is 0 Å². The third-order valence-corrected chi connectivity index (χ3v) is 4.27. The molecule has 3 aromatic rings. The number of imidazole rings is 1. The van der Waals surface area contributed by atoms with Crippen LogP contribution in [0.3, 0.4) is 0 Å². The van der Waals surface area contributed by atoms with Crippen molar-refractivity contribution in [3.8, 4) is 0 Å². The van der Waals surface area contributed by atoms with Gasteiger partial charge in [0.25, 0.3) is 0 Å². The Morgan fingerprint density at radius 3 is 2.53 bits per heavy atom. The Morgan fingerprint density at radius 2 is 1.74 bits per heavy atom. The van der Waals surface area contributed by atoms with Crippen LogP contribution >= 0.6 is 27.5 Å². The molecular weight excluding hydrogens is 328 g/mol. The number of nitrogens with one attached hydrogen (secondary N) is 2. The van der Waals surface area contributed by atoms with Crippen LogP contribution in [0.2, 0.25) is 5.02 Å². The van der Waals surface area contributed by atoms with E-state index in [4.69, 9.17) is 11.6 Å². The summed E-state index contributed by atoms with van der Waals surface area (Å²) in [5, 5.41) is 0.707. The maximum absolute atomic E-state index is 11.2. The van der Waals surface area contributed by atoms with E-state index >= 15 is 0 Å². The van der Waals surface area contributed by atoms with Crippen molar-refractivity contribution in [3.63, 3.8) is 0 Å². The van der Waals surface area contributed by atoms with Crippen molar-refractivity contribution >= 4 is 38.6 Å². The highest BCUT2D eigenvalue weighted by Crippen LogP contribution is 2.32. The molecule has 0 bridgehead atoms. The third kappa shape index (κ3) is 2.46. The number of benzene rings is 2. The Labute approximate surface area is 122 Å². The summed E-state index contributed by atoms with van der Waals surface area (Å²) >= 11 is 9.66. The summed E-state index contributed by atoms with van der Waals surface area (Å²) in [6.45, 7) is 0. The molecular formula is C14H10BrClN2O. The van der Waals surface area contributed by atoms with Crippen molar-refractivity contribution in [2.45, 2.75) is 4.83 Å². The van der Waals surface area contributed by atoms with E-state index in [0.717, 1.165) is 22.2 Å². The van der Waals surface area contributed by atoms with Gasteiger partial charge in [0.05, 0.1) is 15.9 Å². The first kappa shape index (κ1) is 12.5. The van der Waals surface area contributed by atoms with Crippen molar-refractivity contribution < 1.29 is 0 Å². The van der Waals surface area contributed by atoms with Gasteiger partial charge in [-0.25, -0.2) is 4.79 Å². The lowest BCUT2D eigenvalue weighted by atomic mass is 10.0. The molecule has 5 heteroatoms. The van der Waals surface area contributed by atoms with E-state index in [0.29, 0.717) is 5.02 Å². The predicted molar refractivity (Wildman–Crippen MR) is 81.1 cm³/mol. The minimum absolute atomic E-state index is 0.0361. The first-order valence-electron chi connectivity index (χ1n) is 5.75. The van der Waals surface area contributed by atoms with E-state index in [9.17, 15) is 4.79 Å². The molecule has 0 fully saturated rings. The molecule has 0 aliphatic rings. The molecule has 2 N–H and O–H groups in total. The van der Waals surface area contributed by atoms with Crippen LogP contribution in [0.4, 0.5) is 0 Å². The SMILES string of the molecule is O=c1[nH]c2ccc(C(Br)c3cccc(Cl)c3)cc2[nH]1. The van der Waals surface area contributed by atoms with Crippen LogP contribution in [0.25, 0.3) is 11.0 Å². The molecule has 1 unspecified atom stereocenters. The summed E-state index contributed by atoms with van der Waals surface area (Å²) in [6, 6.07) is 13.5. The van der Waals surface area contributed by atoms with Gasteiger partial charge in [0.2, 0.25) is 0 Å². The predicted octanol–water partition coefficient (Wildman–Crippen LogP) is 3.99. The minimum atomic E-state index is -0.193. The Hall–Kier alpha value is -1.52. The number of aromatic nitrogens is 2. The zero-order chi connectivity index (χ0) is 13.4. The van der Waals surface area contributed by atoms with Crippen LogP contribution in [-0.4, -0.2) is 9.97 Å². The van der Waals surface area contributed by atoms with Crippen molar-refractivity contribution in [3.05, 3.63) is 69.1 Å². The average Bonchev–Trinajstić information content (AvgIpc) is 2.76. The molecule has 0 amide bonds. The molecule has 1 heterocycles. The van der Waals surface area contributed by atoms with Gasteiger partial charge in [-0.15, -0.1) is 0 Å². The minimum Gasteiger partial charge on any atom is -0.306 e. The molecule has 0 aliphatic heterocycles. The Morgan fingerprint density at radius 1 is 1.00 bits per heavy atom. The Kier molecular flexibility index (Phi) is 3.21. The summed E-state index contributed by atoms with van der Waals surface area (Å²) in [6.07, 6.45) is 0. The van der Waals surface area contributed by atoms with Gasteiger partial charge in [0, 0.05) is 5.02 Å². The molecule has 96 valence electrons. The number of fused-ring (bicyclic) bond motifs is 1. The maximum Gasteiger partial charge on any atom is 0.323 e. The number of halogens is 2. The van der Waals surface area contributed by atoms with E-state index in [2.05, 4.69) is 25.9 Å². The zero-order valence-electron chi connectivity index (χ0n) is 9.78. The lowest BCUT2D eigenvalue weighted by Gasteiger charge is -2.11. The lowest BCUT2D eigenvalue weighted by Crippen LogP contribution is -1.99. The number of rotatable bonds is 2. The molecule has 3 nitrogen and oxygen atoms in total. The van der Waals surface area contributed by atoms with Crippen molar-refractivity contribution in [1.82, 2.24) is 9.97 Å². The van der Waals surface area contributed by atoms with Gasteiger partial charge in [-0.3, -0.25) is 0 Å². The normalized spacial score (nSPS) is 12.7. The second-order valence-electron chi connectivity index (χ2n) is 4.30. The zero-order valence-corrected chi connectivity index (χ0v) is 12.1. The van der Waals surface area contributed by atoms with Crippen LogP contribution in [0.1, 0.15) is 16.0 Å². The fourth-order valence-corrected chi connectivity index (χ4v) is 2.83.